The van der Waals surface area contributed by atoms with Gasteiger partial charge in [-0.2, -0.15) is 0 Å². The van der Waals surface area contributed by atoms with Crippen molar-refractivity contribution in [1.82, 2.24) is 4.90 Å². The molecule has 1 fully saturated rings. The summed E-state index contributed by atoms with van der Waals surface area (Å²) in [5.74, 6) is 3.15. The van der Waals surface area contributed by atoms with E-state index in [9.17, 15) is 5.11 Å². The minimum absolute atomic E-state index is 0.287. The van der Waals surface area contributed by atoms with Crippen LogP contribution in [0.1, 0.15) is 65.8 Å². The summed E-state index contributed by atoms with van der Waals surface area (Å²) in [5.41, 5.74) is 8.02. The third-order valence-electron chi connectivity index (χ3n) is 8.65. The van der Waals surface area contributed by atoms with E-state index >= 15 is 0 Å². The fourth-order valence-corrected chi connectivity index (χ4v) is 6.38. The van der Waals surface area contributed by atoms with Crippen molar-refractivity contribution in [3.8, 4) is 17.2 Å². The van der Waals surface area contributed by atoms with Gasteiger partial charge in [-0.05, 0) is 117 Å². The molecule has 1 unspecified atom stereocenters. The van der Waals surface area contributed by atoms with Gasteiger partial charge in [-0.25, -0.2) is 0 Å². The molecule has 194 valence electrons. The topological polar surface area (TPSA) is 45.2 Å². The number of anilines is 1. The number of piperidine rings is 1. The van der Waals surface area contributed by atoms with Gasteiger partial charge in [0.1, 0.15) is 5.75 Å². The normalized spacial score (nSPS) is 19.6. The largest absolute Gasteiger partial charge is 0.508 e. The molecule has 1 atom stereocenters. The highest BCUT2D eigenvalue weighted by atomic mass is 16.7. The summed E-state index contributed by atoms with van der Waals surface area (Å²) in [6.45, 7) is 6.69. The fraction of sp³-hybridized carbons (Fsp3) is 0.438. The highest BCUT2D eigenvalue weighted by molar-refractivity contribution is 5.64. The van der Waals surface area contributed by atoms with E-state index in [1.54, 1.807) is 0 Å². The van der Waals surface area contributed by atoms with Gasteiger partial charge in [0.05, 0.1) is 0 Å². The summed E-state index contributed by atoms with van der Waals surface area (Å²) in [5, 5.41) is 9.93. The van der Waals surface area contributed by atoms with Gasteiger partial charge in [0.2, 0.25) is 6.79 Å². The zero-order chi connectivity index (χ0) is 25.4. The van der Waals surface area contributed by atoms with Crippen molar-refractivity contribution in [2.45, 2.75) is 57.4 Å². The van der Waals surface area contributed by atoms with Crippen LogP contribution in [-0.2, 0) is 19.4 Å². The zero-order valence-corrected chi connectivity index (χ0v) is 22.1. The molecule has 3 aromatic carbocycles. The maximum Gasteiger partial charge on any atom is 0.231 e. The Bertz CT molecular complexity index is 1250. The third-order valence-corrected chi connectivity index (χ3v) is 8.65. The molecule has 0 spiro atoms. The number of ether oxygens (including phenoxy) is 2. The van der Waals surface area contributed by atoms with Crippen LogP contribution in [0.25, 0.3) is 0 Å². The molecule has 6 rings (SSSR count). The van der Waals surface area contributed by atoms with Crippen LogP contribution in [-0.4, -0.2) is 43.5 Å². The number of likely N-dealkylation sites (tertiary alicyclic amines) is 1. The van der Waals surface area contributed by atoms with Crippen molar-refractivity contribution in [1.29, 1.82) is 0 Å². The molecule has 0 amide bonds. The lowest BCUT2D eigenvalue weighted by atomic mass is 9.79. The smallest absolute Gasteiger partial charge is 0.231 e. The molecule has 5 nitrogen and oxygen atoms in total. The Kier molecular flexibility index (Phi) is 6.72. The lowest BCUT2D eigenvalue weighted by molar-refractivity contribution is 0.174. The molecule has 0 aromatic heterocycles. The number of fused-ring (bicyclic) bond motifs is 2. The SMILES string of the molecule is CCN(Cc1ccc(C2CCN(C)CC2)cc1)c1cc2c(cc1C1CCc3cc(O)ccc3C1)OCO2. The van der Waals surface area contributed by atoms with Crippen LogP contribution in [0.5, 0.6) is 17.2 Å². The summed E-state index contributed by atoms with van der Waals surface area (Å²) in [4.78, 5) is 4.91. The van der Waals surface area contributed by atoms with Gasteiger partial charge in [0.25, 0.3) is 0 Å². The third kappa shape index (κ3) is 5.02. The van der Waals surface area contributed by atoms with Crippen molar-refractivity contribution >= 4 is 5.69 Å². The number of nitrogens with zero attached hydrogens (tertiary/aromatic N) is 2. The number of phenolic OH excluding ortho intramolecular Hbond substituents is 1. The molecule has 1 saturated heterocycles. The highest BCUT2D eigenvalue weighted by Crippen LogP contribution is 2.45. The lowest BCUT2D eigenvalue weighted by Gasteiger charge is -2.32. The van der Waals surface area contributed by atoms with E-state index in [4.69, 9.17) is 9.47 Å². The molecule has 2 aliphatic heterocycles. The van der Waals surface area contributed by atoms with Crippen molar-refractivity contribution in [2.75, 3.05) is 38.4 Å². The number of aryl methyl sites for hydroxylation is 1. The number of benzene rings is 3. The van der Waals surface area contributed by atoms with Crippen LogP contribution in [0, 0.1) is 0 Å². The Labute approximate surface area is 220 Å². The summed E-state index contributed by atoms with van der Waals surface area (Å²) >= 11 is 0. The van der Waals surface area contributed by atoms with Crippen LogP contribution in [0.15, 0.2) is 54.6 Å². The second-order valence-corrected chi connectivity index (χ2v) is 11.0. The Morgan fingerprint density at radius 1 is 0.892 bits per heavy atom. The Morgan fingerprint density at radius 2 is 1.65 bits per heavy atom. The van der Waals surface area contributed by atoms with Crippen LogP contribution in [0.4, 0.5) is 5.69 Å². The minimum atomic E-state index is 0.287. The molecular weight excluding hydrogens is 460 g/mol. The van der Waals surface area contributed by atoms with Gasteiger partial charge >= 0.3 is 0 Å². The maximum absolute atomic E-state index is 9.93. The van der Waals surface area contributed by atoms with Crippen molar-refractivity contribution in [2.24, 2.45) is 0 Å². The number of phenols is 1. The van der Waals surface area contributed by atoms with Gasteiger partial charge in [0, 0.05) is 24.8 Å². The summed E-state index contributed by atoms with van der Waals surface area (Å²) in [7, 11) is 2.22. The zero-order valence-electron chi connectivity index (χ0n) is 22.1. The number of aromatic hydroxyl groups is 1. The first kappa shape index (κ1) is 24.2. The molecular formula is C32H38N2O3. The van der Waals surface area contributed by atoms with Crippen LogP contribution >= 0.6 is 0 Å². The Morgan fingerprint density at radius 3 is 2.41 bits per heavy atom. The second kappa shape index (κ2) is 10.3. The molecule has 0 bridgehead atoms. The van der Waals surface area contributed by atoms with Gasteiger partial charge in [0.15, 0.2) is 11.5 Å². The maximum atomic E-state index is 9.93. The van der Waals surface area contributed by atoms with E-state index in [0.717, 1.165) is 43.9 Å². The molecule has 5 heteroatoms. The first-order valence-corrected chi connectivity index (χ1v) is 13.8. The van der Waals surface area contributed by atoms with Gasteiger partial charge in [-0.3, -0.25) is 0 Å². The van der Waals surface area contributed by atoms with E-state index in [1.165, 1.54) is 59.4 Å². The summed E-state index contributed by atoms with van der Waals surface area (Å²) in [6.07, 6.45) is 5.52. The summed E-state index contributed by atoms with van der Waals surface area (Å²) in [6, 6.07) is 19.6. The highest BCUT2D eigenvalue weighted by Gasteiger charge is 2.28. The number of rotatable bonds is 6. The molecule has 2 heterocycles. The second-order valence-electron chi connectivity index (χ2n) is 11.0. The molecule has 1 aliphatic carbocycles. The predicted molar refractivity (Wildman–Crippen MR) is 148 cm³/mol. The van der Waals surface area contributed by atoms with Crippen molar-refractivity contribution in [3.05, 3.63) is 82.4 Å². The van der Waals surface area contributed by atoms with Crippen LogP contribution in [0.3, 0.4) is 0 Å². The number of hydrogen-bond acceptors (Lipinski definition) is 5. The number of hydrogen-bond donors (Lipinski definition) is 1. The fourth-order valence-electron chi connectivity index (χ4n) is 6.38. The van der Waals surface area contributed by atoms with E-state index in [2.05, 4.69) is 66.2 Å². The quantitative estimate of drug-likeness (QED) is 0.437. The monoisotopic (exact) mass is 498 g/mol. The Hall–Kier alpha value is -3.18. The van der Waals surface area contributed by atoms with E-state index in [1.807, 2.05) is 12.1 Å². The molecule has 3 aromatic rings. The first-order valence-electron chi connectivity index (χ1n) is 13.8. The first-order chi connectivity index (χ1) is 18.1. The van der Waals surface area contributed by atoms with Crippen molar-refractivity contribution < 1.29 is 14.6 Å². The Balaban J connectivity index is 1.26. The van der Waals surface area contributed by atoms with Gasteiger partial charge in [-0.1, -0.05) is 30.3 Å². The van der Waals surface area contributed by atoms with E-state index in [0.29, 0.717) is 17.6 Å². The molecule has 1 N–H and O–H groups in total. The molecule has 0 radical (unpaired) electrons. The minimum Gasteiger partial charge on any atom is -0.508 e. The van der Waals surface area contributed by atoms with Crippen molar-refractivity contribution in [3.63, 3.8) is 0 Å². The molecule has 3 aliphatic rings. The van der Waals surface area contributed by atoms with Gasteiger partial charge < -0.3 is 24.4 Å². The average Bonchev–Trinajstić information content (AvgIpc) is 3.39. The molecule has 0 saturated carbocycles. The van der Waals surface area contributed by atoms with E-state index < -0.39 is 0 Å². The average molecular weight is 499 g/mol. The molecule has 37 heavy (non-hydrogen) atoms. The summed E-state index contributed by atoms with van der Waals surface area (Å²) < 4.78 is 11.6. The standard InChI is InChI=1S/C32H38N2O3/c1-3-34(20-22-4-6-23(7-5-22)24-12-14-33(2)15-13-24)30-19-32-31(36-21-37-32)18-29(30)27-9-8-26-17-28(35)11-10-25(26)16-27/h4-7,10-11,17-19,24,27,35H,3,8-9,12-16,20-21H2,1-2H3. The van der Waals surface area contributed by atoms with Crippen LogP contribution in [0.2, 0.25) is 0 Å². The lowest BCUT2D eigenvalue weighted by Crippen LogP contribution is -2.29. The van der Waals surface area contributed by atoms with Gasteiger partial charge in [-0.15, -0.1) is 0 Å². The van der Waals surface area contributed by atoms with Crippen LogP contribution < -0.4 is 14.4 Å². The predicted octanol–water partition coefficient (Wildman–Crippen LogP) is 6.23. The van der Waals surface area contributed by atoms with E-state index in [-0.39, 0.29) is 6.79 Å².